The van der Waals surface area contributed by atoms with Crippen molar-refractivity contribution in [3.63, 3.8) is 0 Å². The van der Waals surface area contributed by atoms with Crippen LogP contribution in [0, 0.1) is 5.92 Å². The van der Waals surface area contributed by atoms with Crippen LogP contribution >= 0.6 is 0 Å². The van der Waals surface area contributed by atoms with E-state index < -0.39 is 0 Å². The molecule has 21 heavy (non-hydrogen) atoms. The number of fused-ring (bicyclic) bond motifs is 2. The van der Waals surface area contributed by atoms with Crippen molar-refractivity contribution in [3.05, 3.63) is 0 Å². The van der Waals surface area contributed by atoms with Crippen molar-refractivity contribution in [1.82, 2.24) is 0 Å². The van der Waals surface area contributed by atoms with Crippen molar-refractivity contribution in [2.45, 2.75) is 82.9 Å². The van der Waals surface area contributed by atoms with Gasteiger partial charge in [0.15, 0.2) is 6.29 Å². The summed E-state index contributed by atoms with van der Waals surface area (Å²) >= 11 is 0. The Morgan fingerprint density at radius 2 is 1.71 bits per heavy atom. The van der Waals surface area contributed by atoms with Gasteiger partial charge in [0.2, 0.25) is 0 Å². The van der Waals surface area contributed by atoms with Crippen LogP contribution < -0.4 is 0 Å². The average Bonchev–Trinajstić information content (AvgIpc) is 2.87. The summed E-state index contributed by atoms with van der Waals surface area (Å²) in [7, 11) is 0. The van der Waals surface area contributed by atoms with Gasteiger partial charge in [-0.15, -0.1) is 0 Å². The van der Waals surface area contributed by atoms with Crippen molar-refractivity contribution in [2.24, 2.45) is 5.92 Å². The normalized spacial score (nSPS) is 38.1. The first kappa shape index (κ1) is 15.7. The second-order valence-corrected chi connectivity index (χ2v) is 6.69. The Morgan fingerprint density at radius 1 is 0.952 bits per heavy atom. The zero-order valence-electron chi connectivity index (χ0n) is 13.3. The van der Waals surface area contributed by atoms with E-state index in [4.69, 9.17) is 18.9 Å². The number of rotatable bonds is 5. The predicted octanol–water partition coefficient (Wildman–Crippen LogP) is 3.28. The zero-order valence-corrected chi connectivity index (χ0v) is 13.3. The lowest BCUT2D eigenvalue weighted by Gasteiger charge is -2.34. The molecule has 0 radical (unpaired) electrons. The van der Waals surface area contributed by atoms with Gasteiger partial charge in [0.25, 0.3) is 0 Å². The molecule has 2 bridgehead atoms. The molecule has 4 heteroatoms. The second-order valence-electron chi connectivity index (χ2n) is 6.69. The molecule has 4 atom stereocenters. The van der Waals surface area contributed by atoms with Crippen LogP contribution in [0.4, 0.5) is 0 Å². The summed E-state index contributed by atoms with van der Waals surface area (Å²) in [5, 5.41) is 0. The summed E-state index contributed by atoms with van der Waals surface area (Å²) in [5.74, 6) is 0.732. The monoisotopic (exact) mass is 298 g/mol. The summed E-state index contributed by atoms with van der Waals surface area (Å²) in [4.78, 5) is 0. The van der Waals surface area contributed by atoms with Gasteiger partial charge in [0.05, 0.1) is 12.7 Å². The van der Waals surface area contributed by atoms with Gasteiger partial charge >= 0.3 is 0 Å². The fourth-order valence-electron chi connectivity index (χ4n) is 3.83. The van der Waals surface area contributed by atoms with Gasteiger partial charge in [-0.3, -0.25) is 0 Å². The van der Waals surface area contributed by atoms with Crippen LogP contribution in [0.3, 0.4) is 0 Å². The van der Waals surface area contributed by atoms with Crippen LogP contribution in [-0.2, 0) is 18.9 Å². The minimum absolute atomic E-state index is 0.0380. The zero-order chi connectivity index (χ0) is 14.5. The Hall–Kier alpha value is -0.160. The van der Waals surface area contributed by atoms with Crippen molar-refractivity contribution < 1.29 is 18.9 Å². The predicted molar refractivity (Wildman–Crippen MR) is 80.2 cm³/mol. The first-order valence-electron chi connectivity index (χ1n) is 8.87. The van der Waals surface area contributed by atoms with Gasteiger partial charge in [-0.2, -0.15) is 0 Å². The summed E-state index contributed by atoms with van der Waals surface area (Å²) in [5.41, 5.74) is 0. The highest BCUT2D eigenvalue weighted by molar-refractivity contribution is 4.88. The van der Waals surface area contributed by atoms with Gasteiger partial charge in [-0.05, 0) is 25.7 Å². The third-order valence-corrected chi connectivity index (χ3v) is 5.07. The van der Waals surface area contributed by atoms with Gasteiger partial charge in [0, 0.05) is 19.6 Å². The minimum atomic E-state index is -0.170. The van der Waals surface area contributed by atoms with E-state index in [-0.39, 0.29) is 24.6 Å². The molecule has 0 spiro atoms. The molecule has 1 aliphatic carbocycles. The third kappa shape index (κ3) is 4.19. The Balaban J connectivity index is 1.47. The van der Waals surface area contributed by atoms with Crippen LogP contribution in [-0.4, -0.2) is 44.4 Å². The summed E-state index contributed by atoms with van der Waals surface area (Å²) in [6.45, 7) is 4.26. The molecule has 0 aromatic rings. The van der Waals surface area contributed by atoms with E-state index in [1.165, 1.54) is 44.9 Å². The lowest BCUT2D eigenvalue weighted by molar-refractivity contribution is -0.206. The fourth-order valence-corrected chi connectivity index (χ4v) is 3.83. The highest BCUT2D eigenvalue weighted by atomic mass is 16.8. The molecule has 0 unspecified atom stereocenters. The maximum Gasteiger partial charge on any atom is 0.184 e. The van der Waals surface area contributed by atoms with Gasteiger partial charge in [-0.1, -0.05) is 32.1 Å². The topological polar surface area (TPSA) is 36.9 Å². The molecule has 122 valence electrons. The van der Waals surface area contributed by atoms with Crippen LogP contribution in [0.2, 0.25) is 0 Å². The first-order chi connectivity index (χ1) is 10.4. The molecular formula is C17H30O4. The van der Waals surface area contributed by atoms with Crippen LogP contribution in [0.15, 0.2) is 0 Å². The summed E-state index contributed by atoms with van der Waals surface area (Å²) in [6.07, 6.45) is 10.6. The Morgan fingerprint density at radius 3 is 2.48 bits per heavy atom. The average molecular weight is 298 g/mol. The Kier molecular flexibility index (Phi) is 5.92. The van der Waals surface area contributed by atoms with Crippen LogP contribution in [0.5, 0.6) is 0 Å². The third-order valence-electron chi connectivity index (χ3n) is 5.07. The smallest absolute Gasteiger partial charge is 0.184 e. The van der Waals surface area contributed by atoms with E-state index in [9.17, 15) is 0 Å². The molecular weight excluding hydrogens is 268 g/mol. The van der Waals surface area contributed by atoms with Crippen LogP contribution in [0.25, 0.3) is 0 Å². The second kappa shape index (κ2) is 7.91. The first-order valence-corrected chi connectivity index (χ1v) is 8.87. The molecule has 2 aliphatic heterocycles. The number of hydrogen-bond donors (Lipinski definition) is 0. The number of hydrogen-bond acceptors (Lipinski definition) is 4. The summed E-state index contributed by atoms with van der Waals surface area (Å²) in [6, 6.07) is 0. The van der Waals surface area contributed by atoms with Gasteiger partial charge < -0.3 is 18.9 Å². The van der Waals surface area contributed by atoms with E-state index in [0.29, 0.717) is 13.2 Å². The molecule has 0 aromatic heterocycles. The maximum atomic E-state index is 6.24. The molecule has 2 saturated heterocycles. The molecule has 0 amide bonds. The lowest BCUT2D eigenvalue weighted by Crippen LogP contribution is -2.45. The standard InChI is InChI=1S/C17H30O4/c1-2-18-15-10-14(16-12-20-17(15)21-16)19-11-13-8-6-4-3-5-7-9-13/h13-17H,2-12H2,1H3/t14-,15+,16+,17+/m0/s1. The van der Waals surface area contributed by atoms with Crippen LogP contribution in [0.1, 0.15) is 58.3 Å². The van der Waals surface area contributed by atoms with Crippen molar-refractivity contribution in [3.8, 4) is 0 Å². The van der Waals surface area contributed by atoms with E-state index in [0.717, 1.165) is 18.9 Å². The number of ether oxygens (including phenoxy) is 4. The Labute approximate surface area is 128 Å². The van der Waals surface area contributed by atoms with E-state index in [1.54, 1.807) is 0 Å². The molecule has 1 saturated carbocycles. The largest absolute Gasteiger partial charge is 0.375 e. The highest BCUT2D eigenvalue weighted by Gasteiger charge is 2.45. The molecule has 3 aliphatic rings. The van der Waals surface area contributed by atoms with E-state index in [1.807, 2.05) is 6.92 Å². The maximum absolute atomic E-state index is 6.24. The van der Waals surface area contributed by atoms with Gasteiger partial charge in [-0.25, -0.2) is 0 Å². The fraction of sp³-hybridized carbons (Fsp3) is 1.00. The van der Waals surface area contributed by atoms with Crippen molar-refractivity contribution in [1.29, 1.82) is 0 Å². The quantitative estimate of drug-likeness (QED) is 0.780. The SMILES string of the molecule is CCO[C@@H]1C[C@H](OCC2CCCCCCC2)[C@H]2CO[C@@H]1O2. The van der Waals surface area contributed by atoms with Crippen molar-refractivity contribution in [2.75, 3.05) is 19.8 Å². The van der Waals surface area contributed by atoms with E-state index in [2.05, 4.69) is 0 Å². The van der Waals surface area contributed by atoms with Crippen molar-refractivity contribution >= 4 is 0 Å². The Bertz CT molecular complexity index is 301. The summed E-state index contributed by atoms with van der Waals surface area (Å²) < 4.78 is 23.5. The molecule has 0 N–H and O–H groups in total. The highest BCUT2D eigenvalue weighted by Crippen LogP contribution is 2.32. The molecule has 3 fully saturated rings. The minimum Gasteiger partial charge on any atom is -0.375 e. The molecule has 2 heterocycles. The van der Waals surface area contributed by atoms with E-state index >= 15 is 0 Å². The molecule has 4 nitrogen and oxygen atoms in total. The molecule has 0 aromatic carbocycles. The molecule has 3 rings (SSSR count). The lowest BCUT2D eigenvalue weighted by atomic mass is 9.91. The van der Waals surface area contributed by atoms with Gasteiger partial charge in [0.1, 0.15) is 12.2 Å².